The van der Waals surface area contributed by atoms with Crippen molar-refractivity contribution in [3.05, 3.63) is 0 Å². The van der Waals surface area contributed by atoms with Crippen LogP contribution in [0.1, 0.15) is 0 Å². The van der Waals surface area contributed by atoms with Crippen LogP contribution in [0.2, 0.25) is 0 Å². The van der Waals surface area contributed by atoms with Gasteiger partial charge in [0, 0.05) is 0 Å². The Kier molecular flexibility index (Phi) is 9.20. The monoisotopic (exact) mass is 174 g/mol. The van der Waals surface area contributed by atoms with Gasteiger partial charge < -0.3 is 0 Å². The van der Waals surface area contributed by atoms with Crippen LogP contribution in [-0.4, -0.2) is 33.8 Å². The predicted molar refractivity (Wildman–Crippen MR) is 27.7 cm³/mol. The summed E-state index contributed by atoms with van der Waals surface area (Å²) >= 11 is -2.07. The van der Waals surface area contributed by atoms with E-state index < -0.39 is 11.4 Å². The van der Waals surface area contributed by atoms with E-state index in [2.05, 4.69) is 4.18 Å². The molecule has 0 spiro atoms. The topological polar surface area (TPSA) is 46.5 Å². The molecule has 0 aromatic rings. The molecule has 0 bridgehead atoms. The van der Waals surface area contributed by atoms with Crippen LogP contribution in [-0.2, 0) is 15.5 Å². The van der Waals surface area contributed by atoms with Crippen LogP contribution in [0.5, 0.6) is 0 Å². The second kappa shape index (κ2) is 5.63. The molecule has 0 saturated heterocycles. The second-order valence-corrected chi connectivity index (χ2v) is 1.15. The summed E-state index contributed by atoms with van der Waals surface area (Å²) in [4.78, 5) is 0. The molecule has 0 aromatic heterocycles. The van der Waals surface area contributed by atoms with Gasteiger partial charge in [-0.15, -0.1) is 0 Å². The molecular formula is CH7AsO3S. The van der Waals surface area contributed by atoms with Gasteiger partial charge in [-0.2, -0.15) is 4.21 Å². The molecule has 0 heterocycles. The predicted octanol–water partition coefficient (Wildman–Crippen LogP) is -1.41. The summed E-state index contributed by atoms with van der Waals surface area (Å²) in [7, 11) is 1.15. The van der Waals surface area contributed by atoms with Crippen molar-refractivity contribution in [2.45, 2.75) is 0 Å². The molecular weight excluding hydrogens is 167 g/mol. The molecule has 0 aliphatic heterocycles. The van der Waals surface area contributed by atoms with Gasteiger partial charge >= 0.3 is 29.3 Å². The quantitative estimate of drug-likeness (QED) is 0.392. The van der Waals surface area contributed by atoms with Crippen molar-refractivity contribution in [1.29, 1.82) is 0 Å². The van der Waals surface area contributed by atoms with Crippen molar-refractivity contribution in [3.63, 3.8) is 0 Å². The van der Waals surface area contributed by atoms with Crippen LogP contribution in [0.4, 0.5) is 0 Å². The van der Waals surface area contributed by atoms with E-state index in [0.717, 1.165) is 7.11 Å². The zero-order chi connectivity index (χ0) is 4.28. The molecule has 0 aliphatic rings. The van der Waals surface area contributed by atoms with E-state index in [4.69, 9.17) is 4.55 Å². The zero-order valence-electron chi connectivity index (χ0n) is 3.38. The molecule has 2 unspecified atom stereocenters. The first-order valence-corrected chi connectivity index (χ1v) is 1.96. The maximum atomic E-state index is 9.26. The molecule has 3 nitrogen and oxygen atoms in total. The van der Waals surface area contributed by atoms with Gasteiger partial charge in [-0.1, -0.05) is 0 Å². The standard InChI is InChI=1S/CH4O3S.AsH3/c1-4-5(2)3;/h1H3,(H,2,3);1H3. The van der Waals surface area contributed by atoms with Crippen molar-refractivity contribution >= 4 is 29.3 Å². The first kappa shape index (κ1) is 9.80. The number of rotatable bonds is 1. The van der Waals surface area contributed by atoms with Gasteiger partial charge in [0.15, 0.2) is 0 Å². The Bertz CT molecular complexity index is 46.1. The third-order valence-electron chi connectivity index (χ3n) is 0.143. The van der Waals surface area contributed by atoms with E-state index in [1.807, 2.05) is 0 Å². The molecule has 0 fully saturated rings. The maximum absolute atomic E-state index is 9.26. The van der Waals surface area contributed by atoms with Gasteiger partial charge in [0.25, 0.3) is 0 Å². The van der Waals surface area contributed by atoms with E-state index in [-0.39, 0.29) is 18.0 Å². The van der Waals surface area contributed by atoms with Gasteiger partial charge in [-0.25, -0.2) is 0 Å². The zero-order valence-corrected chi connectivity index (χ0v) is 7.16. The Morgan fingerprint density at radius 3 is 2.00 bits per heavy atom. The first-order chi connectivity index (χ1) is 2.27. The van der Waals surface area contributed by atoms with Crippen LogP contribution < -0.4 is 0 Å². The summed E-state index contributed by atoms with van der Waals surface area (Å²) in [5.41, 5.74) is 0. The van der Waals surface area contributed by atoms with E-state index in [0.29, 0.717) is 0 Å². The molecule has 0 rings (SSSR count). The molecule has 0 radical (unpaired) electrons. The van der Waals surface area contributed by atoms with E-state index >= 15 is 0 Å². The number of hydrogen-bond acceptors (Lipinski definition) is 2. The molecule has 2 atom stereocenters. The Morgan fingerprint density at radius 2 is 2.00 bits per heavy atom. The summed E-state index contributed by atoms with van der Waals surface area (Å²) < 4.78 is 20.6. The summed E-state index contributed by atoms with van der Waals surface area (Å²) in [6.45, 7) is 0. The van der Waals surface area contributed by atoms with E-state index in [9.17, 15) is 4.21 Å². The average molecular weight is 174 g/mol. The molecule has 0 aliphatic carbocycles. The minimum absolute atomic E-state index is 0. The Morgan fingerprint density at radius 1 is 1.83 bits per heavy atom. The third kappa shape index (κ3) is 8.82. The average Bonchev–Trinajstić information content (AvgIpc) is 1.38. The Balaban J connectivity index is 0. The van der Waals surface area contributed by atoms with Crippen molar-refractivity contribution in [2.24, 2.45) is 0 Å². The van der Waals surface area contributed by atoms with Crippen molar-refractivity contribution in [3.8, 4) is 0 Å². The molecule has 1 N–H and O–H groups in total. The Hall–Kier alpha value is 0.628. The van der Waals surface area contributed by atoms with Crippen LogP contribution in [0.3, 0.4) is 0 Å². The summed E-state index contributed by atoms with van der Waals surface area (Å²) in [6.07, 6.45) is 0. The molecule has 0 saturated carbocycles. The fourth-order valence-electron chi connectivity index (χ4n) is 0. The van der Waals surface area contributed by atoms with Crippen LogP contribution in [0.25, 0.3) is 0 Å². The molecule has 0 amide bonds. The molecule has 6 heavy (non-hydrogen) atoms. The van der Waals surface area contributed by atoms with Crippen molar-refractivity contribution < 1.29 is 12.9 Å². The third-order valence-corrected chi connectivity index (χ3v) is 0.428. The first-order valence-electron chi connectivity index (χ1n) is 0.924. The van der Waals surface area contributed by atoms with Crippen molar-refractivity contribution in [2.75, 3.05) is 7.11 Å². The summed E-state index contributed by atoms with van der Waals surface area (Å²) in [5, 5.41) is 0. The van der Waals surface area contributed by atoms with E-state index in [1.165, 1.54) is 0 Å². The number of hydrogen-bond donors (Lipinski definition) is 1. The van der Waals surface area contributed by atoms with Crippen LogP contribution in [0, 0.1) is 0 Å². The van der Waals surface area contributed by atoms with Gasteiger partial charge in [0.1, 0.15) is 0 Å². The fourth-order valence-corrected chi connectivity index (χ4v) is 0. The van der Waals surface area contributed by atoms with Gasteiger partial charge in [-0.05, 0) is 0 Å². The SMILES string of the molecule is COS(=O)O.[AsH3]. The van der Waals surface area contributed by atoms with Crippen LogP contribution in [0.15, 0.2) is 0 Å². The second-order valence-electron chi connectivity index (χ2n) is 0.384. The normalized spacial score (nSPS) is 12.3. The molecule has 0 aromatic carbocycles. The van der Waals surface area contributed by atoms with Crippen molar-refractivity contribution in [1.82, 2.24) is 0 Å². The van der Waals surface area contributed by atoms with Gasteiger partial charge in [-0.3, -0.25) is 8.74 Å². The summed E-state index contributed by atoms with van der Waals surface area (Å²) in [6, 6.07) is 0. The van der Waals surface area contributed by atoms with E-state index in [1.54, 1.807) is 0 Å². The molecule has 5 heteroatoms. The molecule has 40 valence electrons. The van der Waals surface area contributed by atoms with Crippen LogP contribution >= 0.6 is 0 Å². The van der Waals surface area contributed by atoms with Gasteiger partial charge in [0.2, 0.25) is 0 Å². The fraction of sp³-hybridized carbons (Fsp3) is 1.00. The van der Waals surface area contributed by atoms with Gasteiger partial charge in [0.05, 0.1) is 7.11 Å². The minimum atomic E-state index is -2.07. The summed E-state index contributed by atoms with van der Waals surface area (Å²) in [5.74, 6) is 0. The Labute approximate surface area is 49.9 Å².